The maximum absolute atomic E-state index is 13.5. The molecule has 0 aliphatic heterocycles. The Morgan fingerprint density at radius 1 is 1.32 bits per heavy atom. The number of amides is 1. The second kappa shape index (κ2) is 5.23. The lowest BCUT2D eigenvalue weighted by molar-refractivity contribution is 0.0696. The van der Waals surface area contributed by atoms with Gasteiger partial charge in [-0.25, -0.2) is 9.18 Å². The van der Waals surface area contributed by atoms with Crippen LogP contribution in [0.5, 0.6) is 0 Å². The summed E-state index contributed by atoms with van der Waals surface area (Å²) in [5, 5.41) is 11.1. The standard InChI is InChI=1S/C12H7BrFNO4/c13-10-7(3-4-19-10)11(16)15-9-5-6(12(17)18)1-2-8(9)14/h1-5H,(H,15,16)(H,17,18). The van der Waals surface area contributed by atoms with Crippen molar-refractivity contribution < 1.29 is 23.5 Å². The molecule has 0 saturated heterocycles. The highest BCUT2D eigenvalue weighted by atomic mass is 79.9. The lowest BCUT2D eigenvalue weighted by atomic mass is 10.2. The number of nitrogens with one attached hydrogen (secondary N) is 1. The van der Waals surface area contributed by atoms with Crippen LogP contribution in [0.1, 0.15) is 20.7 Å². The Balaban J connectivity index is 2.28. The summed E-state index contributed by atoms with van der Waals surface area (Å²) < 4.78 is 18.6. The highest BCUT2D eigenvalue weighted by molar-refractivity contribution is 9.10. The van der Waals surface area contributed by atoms with Gasteiger partial charge in [0.25, 0.3) is 5.91 Å². The third-order valence-corrected chi connectivity index (χ3v) is 2.94. The van der Waals surface area contributed by atoms with Crippen LogP contribution in [-0.2, 0) is 0 Å². The molecule has 1 aromatic heterocycles. The molecule has 0 unspecified atom stereocenters. The number of halogens is 2. The number of hydrogen-bond donors (Lipinski definition) is 2. The molecule has 0 radical (unpaired) electrons. The van der Waals surface area contributed by atoms with E-state index in [4.69, 9.17) is 9.52 Å². The zero-order valence-corrected chi connectivity index (χ0v) is 10.9. The summed E-state index contributed by atoms with van der Waals surface area (Å²) in [6, 6.07) is 4.53. The number of aromatic carboxylic acids is 1. The van der Waals surface area contributed by atoms with E-state index in [0.29, 0.717) is 0 Å². The Labute approximate surface area is 115 Å². The molecule has 98 valence electrons. The van der Waals surface area contributed by atoms with Crippen LogP contribution in [0.2, 0.25) is 0 Å². The smallest absolute Gasteiger partial charge is 0.335 e. The first-order valence-corrected chi connectivity index (χ1v) is 5.85. The molecule has 7 heteroatoms. The topological polar surface area (TPSA) is 79.5 Å². The van der Waals surface area contributed by atoms with Gasteiger partial charge < -0.3 is 14.8 Å². The SMILES string of the molecule is O=C(O)c1ccc(F)c(NC(=O)c2ccoc2Br)c1. The van der Waals surface area contributed by atoms with Crippen molar-refractivity contribution >= 4 is 33.5 Å². The van der Waals surface area contributed by atoms with E-state index < -0.39 is 17.7 Å². The first kappa shape index (κ1) is 13.3. The van der Waals surface area contributed by atoms with E-state index in [1.807, 2.05) is 0 Å². The number of carbonyl (C=O) groups excluding carboxylic acids is 1. The Kier molecular flexibility index (Phi) is 3.66. The normalized spacial score (nSPS) is 10.2. The van der Waals surface area contributed by atoms with Crippen LogP contribution in [0, 0.1) is 5.82 Å². The molecule has 0 saturated carbocycles. The van der Waals surface area contributed by atoms with E-state index in [2.05, 4.69) is 21.2 Å². The van der Waals surface area contributed by atoms with Crippen molar-refractivity contribution in [2.24, 2.45) is 0 Å². The second-order valence-corrected chi connectivity index (χ2v) is 4.28. The summed E-state index contributed by atoms with van der Waals surface area (Å²) in [6.45, 7) is 0. The number of carbonyl (C=O) groups is 2. The summed E-state index contributed by atoms with van der Waals surface area (Å²) >= 11 is 3.02. The molecule has 19 heavy (non-hydrogen) atoms. The molecular formula is C12H7BrFNO4. The van der Waals surface area contributed by atoms with Gasteiger partial charge in [-0.2, -0.15) is 0 Å². The van der Waals surface area contributed by atoms with Gasteiger partial charge in [-0.3, -0.25) is 4.79 Å². The van der Waals surface area contributed by atoms with Crippen LogP contribution in [0.3, 0.4) is 0 Å². The van der Waals surface area contributed by atoms with E-state index >= 15 is 0 Å². The Morgan fingerprint density at radius 3 is 2.63 bits per heavy atom. The Bertz CT molecular complexity index is 653. The largest absolute Gasteiger partial charge is 0.478 e. The lowest BCUT2D eigenvalue weighted by Gasteiger charge is -2.06. The first-order chi connectivity index (χ1) is 8.99. The number of carboxylic acids is 1. The van der Waals surface area contributed by atoms with E-state index in [1.165, 1.54) is 12.3 Å². The monoisotopic (exact) mass is 327 g/mol. The van der Waals surface area contributed by atoms with Gasteiger partial charge in [-0.05, 0) is 40.2 Å². The van der Waals surface area contributed by atoms with Crippen molar-refractivity contribution in [1.29, 1.82) is 0 Å². The van der Waals surface area contributed by atoms with Gasteiger partial charge in [0.05, 0.1) is 23.1 Å². The first-order valence-electron chi connectivity index (χ1n) is 5.06. The quantitative estimate of drug-likeness (QED) is 0.907. The molecule has 0 aliphatic rings. The highest BCUT2D eigenvalue weighted by Gasteiger charge is 2.15. The van der Waals surface area contributed by atoms with Crippen molar-refractivity contribution in [2.75, 3.05) is 5.32 Å². The maximum Gasteiger partial charge on any atom is 0.335 e. The van der Waals surface area contributed by atoms with Gasteiger partial charge in [0.1, 0.15) is 5.82 Å². The molecule has 0 atom stereocenters. The molecule has 1 amide bonds. The van der Waals surface area contributed by atoms with Crippen molar-refractivity contribution in [3.63, 3.8) is 0 Å². The zero-order chi connectivity index (χ0) is 14.0. The van der Waals surface area contributed by atoms with Crippen molar-refractivity contribution in [3.05, 3.63) is 52.1 Å². The van der Waals surface area contributed by atoms with Gasteiger partial charge in [0.2, 0.25) is 0 Å². The maximum atomic E-state index is 13.5. The zero-order valence-electron chi connectivity index (χ0n) is 9.31. The predicted molar refractivity (Wildman–Crippen MR) is 67.7 cm³/mol. The summed E-state index contributed by atoms with van der Waals surface area (Å²) in [6.07, 6.45) is 1.29. The average Bonchev–Trinajstić information content (AvgIpc) is 2.78. The van der Waals surface area contributed by atoms with Gasteiger partial charge in [-0.15, -0.1) is 0 Å². The van der Waals surface area contributed by atoms with Crippen LogP contribution in [0.15, 0.2) is 39.6 Å². The van der Waals surface area contributed by atoms with Gasteiger partial charge in [-0.1, -0.05) is 0 Å². The fourth-order valence-electron chi connectivity index (χ4n) is 1.40. The second-order valence-electron chi connectivity index (χ2n) is 3.56. The molecule has 0 aliphatic carbocycles. The minimum Gasteiger partial charge on any atom is -0.478 e. The number of benzene rings is 1. The van der Waals surface area contributed by atoms with Gasteiger partial charge >= 0.3 is 5.97 Å². The van der Waals surface area contributed by atoms with Crippen LogP contribution in [0.4, 0.5) is 10.1 Å². The van der Waals surface area contributed by atoms with Crippen molar-refractivity contribution in [2.45, 2.75) is 0 Å². The highest BCUT2D eigenvalue weighted by Crippen LogP contribution is 2.21. The lowest BCUT2D eigenvalue weighted by Crippen LogP contribution is -2.13. The molecule has 1 aromatic carbocycles. The molecular weight excluding hydrogens is 321 g/mol. The van der Waals surface area contributed by atoms with Crippen LogP contribution in [0.25, 0.3) is 0 Å². The van der Waals surface area contributed by atoms with Crippen LogP contribution in [-0.4, -0.2) is 17.0 Å². The molecule has 1 heterocycles. The summed E-state index contributed by atoms with van der Waals surface area (Å²) in [5.74, 6) is -2.54. The van der Waals surface area contributed by atoms with E-state index in [9.17, 15) is 14.0 Å². The van der Waals surface area contributed by atoms with Gasteiger partial charge in [0.15, 0.2) is 4.67 Å². The van der Waals surface area contributed by atoms with E-state index in [-0.39, 0.29) is 21.5 Å². The van der Waals surface area contributed by atoms with E-state index in [0.717, 1.165) is 18.2 Å². The Hall–Kier alpha value is -2.15. The van der Waals surface area contributed by atoms with Crippen molar-refractivity contribution in [1.82, 2.24) is 0 Å². The number of anilines is 1. The number of carboxylic acid groups (broad SMARTS) is 1. The van der Waals surface area contributed by atoms with Crippen LogP contribution >= 0.6 is 15.9 Å². The van der Waals surface area contributed by atoms with E-state index in [1.54, 1.807) is 0 Å². The minimum absolute atomic E-state index is 0.122. The van der Waals surface area contributed by atoms with Gasteiger partial charge in [0, 0.05) is 0 Å². The molecule has 0 fully saturated rings. The third kappa shape index (κ3) is 2.82. The molecule has 2 aromatic rings. The predicted octanol–water partition coefficient (Wildman–Crippen LogP) is 3.13. The summed E-state index contributed by atoms with van der Waals surface area (Å²) in [7, 11) is 0. The third-order valence-electron chi connectivity index (χ3n) is 2.32. The molecule has 2 rings (SSSR count). The fourth-order valence-corrected chi connectivity index (χ4v) is 1.82. The Morgan fingerprint density at radius 2 is 2.05 bits per heavy atom. The molecule has 0 bridgehead atoms. The number of rotatable bonds is 3. The fraction of sp³-hybridized carbons (Fsp3) is 0. The molecule has 5 nitrogen and oxygen atoms in total. The van der Waals surface area contributed by atoms with Crippen LogP contribution < -0.4 is 5.32 Å². The minimum atomic E-state index is -1.21. The molecule has 2 N–H and O–H groups in total. The summed E-state index contributed by atoms with van der Waals surface area (Å²) in [5.41, 5.74) is -0.152. The number of furan rings is 1. The number of hydrogen-bond acceptors (Lipinski definition) is 3. The summed E-state index contributed by atoms with van der Waals surface area (Å²) in [4.78, 5) is 22.6. The molecule has 0 spiro atoms. The average molecular weight is 328 g/mol. The van der Waals surface area contributed by atoms with Crippen molar-refractivity contribution in [3.8, 4) is 0 Å².